The van der Waals surface area contributed by atoms with Crippen molar-refractivity contribution in [1.29, 1.82) is 0 Å². The van der Waals surface area contributed by atoms with Gasteiger partial charge in [0, 0.05) is 19.6 Å². The van der Waals surface area contributed by atoms with Crippen molar-refractivity contribution in [1.82, 2.24) is 14.7 Å². The van der Waals surface area contributed by atoms with Crippen LogP contribution in [0, 0.1) is 5.92 Å². The van der Waals surface area contributed by atoms with E-state index in [-0.39, 0.29) is 0 Å². The summed E-state index contributed by atoms with van der Waals surface area (Å²) in [4.78, 5) is 2.19. The number of nitrogens with zero attached hydrogens (tertiary/aromatic N) is 3. The van der Waals surface area contributed by atoms with Crippen molar-refractivity contribution in [2.75, 3.05) is 31.7 Å². The van der Waals surface area contributed by atoms with Gasteiger partial charge in [-0.3, -0.25) is 4.68 Å². The SMILES string of the molecule is CC(C)c1nn(C)c(NC(CN(C)C)C(C)C)c1N. The van der Waals surface area contributed by atoms with Crippen molar-refractivity contribution in [3.8, 4) is 0 Å². The number of hydrogen-bond acceptors (Lipinski definition) is 4. The maximum absolute atomic E-state index is 6.22. The van der Waals surface area contributed by atoms with Crippen molar-refractivity contribution in [3.05, 3.63) is 5.69 Å². The lowest BCUT2D eigenvalue weighted by atomic mass is 10.0. The van der Waals surface area contributed by atoms with Gasteiger partial charge in [-0.2, -0.15) is 5.10 Å². The van der Waals surface area contributed by atoms with Gasteiger partial charge >= 0.3 is 0 Å². The van der Waals surface area contributed by atoms with E-state index in [1.54, 1.807) is 0 Å². The summed E-state index contributed by atoms with van der Waals surface area (Å²) in [6, 6.07) is 0.354. The van der Waals surface area contributed by atoms with Crippen molar-refractivity contribution < 1.29 is 0 Å². The van der Waals surface area contributed by atoms with Crippen molar-refractivity contribution in [2.24, 2.45) is 13.0 Å². The molecule has 0 spiro atoms. The molecule has 0 aliphatic carbocycles. The summed E-state index contributed by atoms with van der Waals surface area (Å²) in [6.07, 6.45) is 0. The smallest absolute Gasteiger partial charge is 0.148 e. The predicted molar refractivity (Wildman–Crippen MR) is 82.5 cm³/mol. The highest BCUT2D eigenvalue weighted by Gasteiger charge is 2.20. The molecular formula is C14H29N5. The molecule has 0 bridgehead atoms. The summed E-state index contributed by atoms with van der Waals surface area (Å²) in [6.45, 7) is 9.64. The fourth-order valence-corrected chi connectivity index (χ4v) is 2.15. The zero-order valence-corrected chi connectivity index (χ0v) is 13.4. The third kappa shape index (κ3) is 3.86. The Bertz CT molecular complexity index is 406. The molecule has 1 atom stereocenters. The molecule has 1 rings (SSSR count). The zero-order valence-electron chi connectivity index (χ0n) is 13.4. The van der Waals surface area contributed by atoms with Gasteiger partial charge in [-0.1, -0.05) is 27.7 Å². The van der Waals surface area contributed by atoms with Gasteiger partial charge in [-0.15, -0.1) is 0 Å². The number of rotatable bonds is 6. The van der Waals surface area contributed by atoms with Crippen LogP contribution in [0.15, 0.2) is 0 Å². The fraction of sp³-hybridized carbons (Fsp3) is 0.786. The maximum Gasteiger partial charge on any atom is 0.148 e. The fourth-order valence-electron chi connectivity index (χ4n) is 2.15. The number of hydrogen-bond donors (Lipinski definition) is 2. The van der Waals surface area contributed by atoms with Crippen LogP contribution < -0.4 is 11.1 Å². The molecule has 0 amide bonds. The highest BCUT2D eigenvalue weighted by atomic mass is 15.3. The highest BCUT2D eigenvalue weighted by Crippen LogP contribution is 2.28. The number of nitrogens with two attached hydrogens (primary N) is 1. The van der Waals surface area contributed by atoms with E-state index >= 15 is 0 Å². The molecule has 0 fully saturated rings. The van der Waals surface area contributed by atoms with Crippen LogP contribution in [0.2, 0.25) is 0 Å². The Morgan fingerprint density at radius 2 is 1.84 bits per heavy atom. The summed E-state index contributed by atoms with van der Waals surface area (Å²) in [5.41, 5.74) is 7.97. The van der Waals surface area contributed by atoms with Gasteiger partial charge in [-0.05, 0) is 25.9 Å². The second-order valence-corrected chi connectivity index (χ2v) is 6.18. The van der Waals surface area contributed by atoms with Crippen LogP contribution >= 0.6 is 0 Å². The van der Waals surface area contributed by atoms with Crippen LogP contribution in [0.25, 0.3) is 0 Å². The van der Waals surface area contributed by atoms with E-state index < -0.39 is 0 Å². The summed E-state index contributed by atoms with van der Waals surface area (Å²) < 4.78 is 1.86. The standard InChI is InChI=1S/C14H29N5/c1-9(2)11(8-18(5)6)16-14-12(15)13(10(3)4)17-19(14)7/h9-11,16H,8,15H2,1-7H3. The van der Waals surface area contributed by atoms with E-state index in [4.69, 9.17) is 5.73 Å². The highest BCUT2D eigenvalue weighted by molar-refractivity contribution is 5.66. The molecule has 0 aliphatic heterocycles. The van der Waals surface area contributed by atoms with E-state index in [1.807, 2.05) is 11.7 Å². The van der Waals surface area contributed by atoms with E-state index in [0.29, 0.717) is 17.9 Å². The first kappa shape index (κ1) is 15.8. The van der Waals surface area contributed by atoms with Crippen molar-refractivity contribution in [2.45, 2.75) is 39.7 Å². The van der Waals surface area contributed by atoms with Crippen LogP contribution in [-0.2, 0) is 7.05 Å². The van der Waals surface area contributed by atoms with E-state index in [9.17, 15) is 0 Å². The minimum atomic E-state index is 0.341. The first-order valence-electron chi connectivity index (χ1n) is 6.97. The summed E-state index contributed by atoms with van der Waals surface area (Å²) in [5.74, 6) is 1.80. The normalized spacial score (nSPS) is 13.6. The van der Waals surface area contributed by atoms with E-state index in [0.717, 1.165) is 23.7 Å². The largest absolute Gasteiger partial charge is 0.394 e. The van der Waals surface area contributed by atoms with Crippen LogP contribution in [0.5, 0.6) is 0 Å². The topological polar surface area (TPSA) is 59.1 Å². The summed E-state index contributed by atoms with van der Waals surface area (Å²) in [5, 5.41) is 8.07. The van der Waals surface area contributed by atoms with Crippen LogP contribution in [-0.4, -0.2) is 41.4 Å². The molecule has 5 nitrogen and oxygen atoms in total. The molecular weight excluding hydrogens is 238 g/mol. The molecule has 0 aliphatic rings. The molecule has 0 saturated heterocycles. The number of aryl methyl sites for hydroxylation is 1. The third-order valence-electron chi connectivity index (χ3n) is 3.35. The Morgan fingerprint density at radius 1 is 1.26 bits per heavy atom. The number of likely N-dealkylation sites (N-methyl/N-ethyl adjacent to an activating group) is 1. The molecule has 1 aromatic heterocycles. The molecule has 1 heterocycles. The Hall–Kier alpha value is -1.23. The Balaban J connectivity index is 2.96. The monoisotopic (exact) mass is 267 g/mol. The molecule has 19 heavy (non-hydrogen) atoms. The van der Waals surface area contributed by atoms with Gasteiger partial charge in [0.25, 0.3) is 0 Å². The molecule has 110 valence electrons. The summed E-state index contributed by atoms with van der Waals surface area (Å²) in [7, 11) is 6.12. The Kier molecular flexibility index (Phi) is 5.23. The van der Waals surface area contributed by atoms with E-state index in [1.165, 1.54) is 0 Å². The average molecular weight is 267 g/mol. The average Bonchev–Trinajstić information content (AvgIpc) is 2.55. The van der Waals surface area contributed by atoms with Gasteiger partial charge < -0.3 is 16.0 Å². The molecule has 1 aromatic rings. The van der Waals surface area contributed by atoms with Crippen molar-refractivity contribution >= 4 is 11.5 Å². The van der Waals surface area contributed by atoms with Crippen LogP contribution in [0.3, 0.4) is 0 Å². The first-order valence-corrected chi connectivity index (χ1v) is 6.97. The lowest BCUT2D eigenvalue weighted by molar-refractivity contribution is 0.343. The minimum Gasteiger partial charge on any atom is -0.394 e. The molecule has 0 radical (unpaired) electrons. The second kappa shape index (κ2) is 6.28. The molecule has 3 N–H and O–H groups in total. The molecule has 1 unspecified atom stereocenters. The molecule has 0 saturated carbocycles. The Labute approximate surface area is 117 Å². The zero-order chi connectivity index (χ0) is 14.7. The number of aromatic nitrogens is 2. The number of nitrogen functional groups attached to an aromatic ring is 1. The van der Waals surface area contributed by atoms with Gasteiger partial charge in [0.2, 0.25) is 0 Å². The predicted octanol–water partition coefficient (Wildman–Crippen LogP) is 2.12. The maximum atomic E-state index is 6.22. The first-order chi connectivity index (χ1) is 8.73. The lowest BCUT2D eigenvalue weighted by Crippen LogP contribution is -2.37. The summed E-state index contributed by atoms with van der Waals surface area (Å²) >= 11 is 0. The lowest BCUT2D eigenvalue weighted by Gasteiger charge is -2.26. The molecule has 5 heteroatoms. The van der Waals surface area contributed by atoms with Gasteiger partial charge in [0.15, 0.2) is 0 Å². The second-order valence-electron chi connectivity index (χ2n) is 6.18. The minimum absolute atomic E-state index is 0.341. The quantitative estimate of drug-likeness (QED) is 0.829. The number of anilines is 2. The van der Waals surface area contributed by atoms with Crippen LogP contribution in [0.1, 0.15) is 39.3 Å². The number of nitrogens with one attached hydrogen (secondary N) is 1. The van der Waals surface area contributed by atoms with Gasteiger partial charge in [-0.25, -0.2) is 0 Å². The van der Waals surface area contributed by atoms with Crippen molar-refractivity contribution in [3.63, 3.8) is 0 Å². The van der Waals surface area contributed by atoms with Gasteiger partial charge in [0.05, 0.1) is 11.4 Å². The van der Waals surface area contributed by atoms with Crippen LogP contribution in [0.4, 0.5) is 11.5 Å². The van der Waals surface area contributed by atoms with E-state index in [2.05, 4.69) is 57.1 Å². The third-order valence-corrected chi connectivity index (χ3v) is 3.35. The molecule has 0 aromatic carbocycles. The Morgan fingerprint density at radius 3 is 2.21 bits per heavy atom. The van der Waals surface area contributed by atoms with Gasteiger partial charge in [0.1, 0.15) is 5.82 Å².